The van der Waals surface area contributed by atoms with E-state index < -0.39 is 10.9 Å². The van der Waals surface area contributed by atoms with Crippen LogP contribution in [0.25, 0.3) is 0 Å². The van der Waals surface area contributed by atoms with E-state index in [0.29, 0.717) is 24.8 Å². The van der Waals surface area contributed by atoms with Gasteiger partial charge >= 0.3 is 5.97 Å². The zero-order valence-corrected chi connectivity index (χ0v) is 14.0. The number of carbonyl (C=O) groups is 1. The summed E-state index contributed by atoms with van der Waals surface area (Å²) in [7, 11) is 0. The Hall–Kier alpha value is -2.52. The highest BCUT2D eigenvalue weighted by molar-refractivity contribution is 7.13. The second kappa shape index (κ2) is 8.37. The number of thiazole rings is 1. The van der Waals surface area contributed by atoms with Gasteiger partial charge in [0, 0.05) is 37.1 Å². The fourth-order valence-corrected chi connectivity index (χ4v) is 2.92. The first-order valence-corrected chi connectivity index (χ1v) is 8.24. The van der Waals surface area contributed by atoms with Gasteiger partial charge in [-0.2, -0.15) is 0 Å². The lowest BCUT2D eigenvalue weighted by Crippen LogP contribution is -2.29. The number of esters is 1. The van der Waals surface area contributed by atoms with Gasteiger partial charge in [-0.05, 0) is 12.5 Å². The normalized spacial score (nSPS) is 10.4. The number of non-ortho nitro benzene ring substituents is 1. The first-order chi connectivity index (χ1) is 11.5. The molecule has 1 aromatic carbocycles. The Bertz CT molecular complexity index is 719. The van der Waals surface area contributed by atoms with Gasteiger partial charge in [0.15, 0.2) is 10.8 Å². The molecule has 0 aliphatic rings. The van der Waals surface area contributed by atoms with Gasteiger partial charge in [0.05, 0.1) is 11.5 Å². The number of anilines is 1. The Morgan fingerprint density at radius 1 is 1.50 bits per heavy atom. The summed E-state index contributed by atoms with van der Waals surface area (Å²) < 4.78 is 4.93. The molecular weight excluding hydrogens is 332 g/mol. The number of nitro benzene ring substituents is 1. The monoisotopic (exact) mass is 350 g/mol. The van der Waals surface area contributed by atoms with E-state index in [-0.39, 0.29) is 18.0 Å². The number of carbonyl (C=O) groups excluding carboxylic acids is 1. The number of nitrogens with zero attached hydrogens (tertiary/aromatic N) is 3. The second-order valence-electron chi connectivity index (χ2n) is 4.87. The molecule has 2 aromatic rings. The van der Waals surface area contributed by atoms with Crippen LogP contribution in [0.3, 0.4) is 0 Å². The van der Waals surface area contributed by atoms with Crippen LogP contribution in [0.15, 0.2) is 29.6 Å². The lowest BCUT2D eigenvalue weighted by Gasteiger charge is -2.21. The fraction of sp³-hybridized carbons (Fsp3) is 0.333. The van der Waals surface area contributed by atoms with Crippen molar-refractivity contribution in [2.45, 2.75) is 13.5 Å². The third kappa shape index (κ3) is 4.49. The zero-order valence-electron chi connectivity index (χ0n) is 13.2. The van der Waals surface area contributed by atoms with Gasteiger partial charge in [-0.25, -0.2) is 9.78 Å². The van der Waals surface area contributed by atoms with Crippen molar-refractivity contribution in [3.63, 3.8) is 0 Å². The highest BCUT2D eigenvalue weighted by Crippen LogP contribution is 2.24. The van der Waals surface area contributed by atoms with Crippen LogP contribution in [-0.4, -0.2) is 35.6 Å². The molecule has 9 heteroatoms. The van der Waals surface area contributed by atoms with Gasteiger partial charge < -0.3 is 15.4 Å². The van der Waals surface area contributed by atoms with Gasteiger partial charge in [0.1, 0.15) is 0 Å². The smallest absolute Gasteiger partial charge is 0.357 e. The van der Waals surface area contributed by atoms with Crippen molar-refractivity contribution in [2.75, 3.05) is 24.6 Å². The minimum Gasteiger partial charge on any atom is -0.461 e. The van der Waals surface area contributed by atoms with Crippen LogP contribution in [0.4, 0.5) is 10.8 Å². The summed E-state index contributed by atoms with van der Waals surface area (Å²) in [6.45, 7) is 3.33. The van der Waals surface area contributed by atoms with Crippen LogP contribution in [0, 0.1) is 10.1 Å². The van der Waals surface area contributed by atoms with Gasteiger partial charge in [-0.1, -0.05) is 12.1 Å². The van der Waals surface area contributed by atoms with E-state index in [1.165, 1.54) is 23.5 Å². The largest absolute Gasteiger partial charge is 0.461 e. The van der Waals surface area contributed by atoms with Crippen LogP contribution < -0.4 is 10.6 Å². The minimum atomic E-state index is -0.469. The molecular formula is C15H18N4O4S. The number of aromatic nitrogens is 1. The molecule has 0 amide bonds. The van der Waals surface area contributed by atoms with E-state index in [1.807, 2.05) is 4.90 Å². The van der Waals surface area contributed by atoms with E-state index in [9.17, 15) is 14.9 Å². The third-order valence-corrected chi connectivity index (χ3v) is 4.04. The summed E-state index contributed by atoms with van der Waals surface area (Å²) in [5.74, 6) is -0.469. The third-order valence-electron chi connectivity index (χ3n) is 3.14. The molecule has 0 aliphatic heterocycles. The van der Waals surface area contributed by atoms with Gasteiger partial charge in [0.25, 0.3) is 5.69 Å². The number of nitrogens with two attached hydrogens (primary N) is 1. The van der Waals surface area contributed by atoms with E-state index in [2.05, 4.69) is 4.98 Å². The number of hydrogen-bond acceptors (Lipinski definition) is 8. The van der Waals surface area contributed by atoms with Crippen molar-refractivity contribution in [3.05, 3.63) is 51.0 Å². The molecule has 24 heavy (non-hydrogen) atoms. The highest BCUT2D eigenvalue weighted by atomic mass is 32.1. The topological polar surface area (TPSA) is 112 Å². The molecule has 2 N–H and O–H groups in total. The van der Waals surface area contributed by atoms with E-state index >= 15 is 0 Å². The highest BCUT2D eigenvalue weighted by Gasteiger charge is 2.17. The predicted molar refractivity (Wildman–Crippen MR) is 91.3 cm³/mol. The van der Waals surface area contributed by atoms with Crippen LogP contribution in [-0.2, 0) is 11.3 Å². The number of nitro groups is 1. The molecule has 2 rings (SSSR count). The number of ether oxygens (including phenoxy) is 1. The Balaban J connectivity index is 2.19. The minimum absolute atomic E-state index is 0.0338. The Labute approximate surface area is 143 Å². The van der Waals surface area contributed by atoms with Crippen LogP contribution in [0.1, 0.15) is 23.0 Å². The Morgan fingerprint density at radius 3 is 2.96 bits per heavy atom. The SMILES string of the molecule is CCOC(=O)c1csc(N(CCN)Cc2cccc([N+](=O)[O-])c2)n1. The first kappa shape index (κ1) is 17.8. The Kier molecular flexibility index (Phi) is 6.21. The summed E-state index contributed by atoms with van der Waals surface area (Å²) in [6, 6.07) is 6.40. The standard InChI is InChI=1S/C15H18N4O4S/c1-2-23-14(20)13-10-24-15(17-13)18(7-6-16)9-11-4-3-5-12(8-11)19(21)22/h3-5,8,10H,2,6-7,9,16H2,1H3. The van der Waals surface area contributed by atoms with Gasteiger partial charge in [-0.15, -0.1) is 11.3 Å². The summed E-state index contributed by atoms with van der Waals surface area (Å²) >= 11 is 1.31. The maximum absolute atomic E-state index is 11.7. The average Bonchev–Trinajstić information content (AvgIpc) is 3.05. The molecule has 0 atom stereocenters. The van der Waals surface area contributed by atoms with Crippen LogP contribution >= 0.6 is 11.3 Å². The fourth-order valence-electron chi connectivity index (χ4n) is 2.10. The molecule has 0 saturated carbocycles. The number of hydrogen-bond donors (Lipinski definition) is 1. The van der Waals surface area contributed by atoms with Crippen LogP contribution in [0.2, 0.25) is 0 Å². The first-order valence-electron chi connectivity index (χ1n) is 7.36. The second-order valence-corrected chi connectivity index (χ2v) is 5.71. The van der Waals surface area contributed by atoms with Crippen molar-refractivity contribution in [3.8, 4) is 0 Å². The summed E-state index contributed by atoms with van der Waals surface area (Å²) in [4.78, 5) is 28.3. The molecule has 0 unspecified atom stereocenters. The summed E-state index contributed by atoms with van der Waals surface area (Å²) in [5, 5.41) is 13.1. The van der Waals surface area contributed by atoms with Crippen molar-refractivity contribution < 1.29 is 14.5 Å². The lowest BCUT2D eigenvalue weighted by molar-refractivity contribution is -0.384. The van der Waals surface area contributed by atoms with Crippen molar-refractivity contribution in [1.29, 1.82) is 0 Å². The molecule has 1 heterocycles. The molecule has 1 aromatic heterocycles. The average molecular weight is 350 g/mol. The molecule has 0 saturated heterocycles. The molecule has 0 spiro atoms. The van der Waals surface area contributed by atoms with Crippen LogP contribution in [0.5, 0.6) is 0 Å². The van der Waals surface area contributed by atoms with E-state index in [1.54, 1.807) is 24.4 Å². The Morgan fingerprint density at radius 2 is 2.29 bits per heavy atom. The predicted octanol–water partition coefficient (Wildman–Crippen LogP) is 2.19. The molecule has 0 fully saturated rings. The van der Waals surface area contributed by atoms with E-state index in [0.717, 1.165) is 5.56 Å². The number of benzene rings is 1. The van der Waals surface area contributed by atoms with Gasteiger partial charge in [-0.3, -0.25) is 10.1 Å². The number of rotatable bonds is 8. The lowest BCUT2D eigenvalue weighted by atomic mass is 10.2. The zero-order chi connectivity index (χ0) is 17.5. The van der Waals surface area contributed by atoms with Crippen molar-refractivity contribution >= 4 is 28.1 Å². The molecule has 0 aliphatic carbocycles. The molecule has 8 nitrogen and oxygen atoms in total. The maximum Gasteiger partial charge on any atom is 0.357 e. The van der Waals surface area contributed by atoms with Crippen molar-refractivity contribution in [1.82, 2.24) is 4.98 Å². The molecule has 0 bridgehead atoms. The van der Waals surface area contributed by atoms with Crippen molar-refractivity contribution in [2.24, 2.45) is 5.73 Å². The molecule has 128 valence electrons. The maximum atomic E-state index is 11.7. The summed E-state index contributed by atoms with van der Waals surface area (Å²) in [6.07, 6.45) is 0. The molecule has 0 radical (unpaired) electrons. The summed E-state index contributed by atoms with van der Waals surface area (Å²) in [5.41, 5.74) is 6.70. The van der Waals surface area contributed by atoms with E-state index in [4.69, 9.17) is 10.5 Å². The quantitative estimate of drug-likeness (QED) is 0.441. The van der Waals surface area contributed by atoms with Gasteiger partial charge in [0.2, 0.25) is 0 Å².